The van der Waals surface area contributed by atoms with Gasteiger partial charge >= 0.3 is 0 Å². The number of hydrogen-bond acceptors (Lipinski definition) is 1. The zero-order valence-corrected chi connectivity index (χ0v) is 10.1. The standard InChI is InChI=1S/C16H18O/c1-13(14-8-4-2-5-9-14)16(12-17)15-10-6-3-7-11-15/h2-11,13,16-17H,12H2,1H3/t13-,16-/m0/s1. The van der Waals surface area contributed by atoms with Gasteiger partial charge in [-0.3, -0.25) is 0 Å². The van der Waals surface area contributed by atoms with E-state index in [9.17, 15) is 5.11 Å². The molecule has 2 atom stereocenters. The van der Waals surface area contributed by atoms with Gasteiger partial charge in [0.05, 0.1) is 6.61 Å². The highest BCUT2D eigenvalue weighted by Crippen LogP contribution is 2.31. The second kappa shape index (κ2) is 5.65. The van der Waals surface area contributed by atoms with Crippen LogP contribution in [0, 0.1) is 0 Å². The molecule has 0 bridgehead atoms. The van der Waals surface area contributed by atoms with E-state index in [4.69, 9.17) is 0 Å². The van der Waals surface area contributed by atoms with Gasteiger partial charge in [-0.05, 0) is 17.0 Å². The van der Waals surface area contributed by atoms with Crippen molar-refractivity contribution in [2.45, 2.75) is 18.8 Å². The fourth-order valence-corrected chi connectivity index (χ4v) is 2.24. The average molecular weight is 226 g/mol. The predicted octanol–water partition coefficient (Wildman–Crippen LogP) is 3.57. The topological polar surface area (TPSA) is 20.2 Å². The van der Waals surface area contributed by atoms with Crippen LogP contribution in [0.25, 0.3) is 0 Å². The van der Waals surface area contributed by atoms with E-state index in [1.54, 1.807) is 0 Å². The molecule has 0 fully saturated rings. The molecule has 0 unspecified atom stereocenters. The normalized spacial score (nSPS) is 14.2. The van der Waals surface area contributed by atoms with Crippen molar-refractivity contribution in [2.24, 2.45) is 0 Å². The Morgan fingerprint density at radius 3 is 1.76 bits per heavy atom. The van der Waals surface area contributed by atoms with Crippen LogP contribution in [-0.4, -0.2) is 11.7 Å². The summed E-state index contributed by atoms with van der Waals surface area (Å²) in [5, 5.41) is 9.61. The van der Waals surface area contributed by atoms with Crippen molar-refractivity contribution in [3.8, 4) is 0 Å². The lowest BCUT2D eigenvalue weighted by Crippen LogP contribution is -2.12. The molecule has 1 nitrogen and oxygen atoms in total. The van der Waals surface area contributed by atoms with Gasteiger partial charge in [0.2, 0.25) is 0 Å². The average Bonchev–Trinajstić information content (AvgIpc) is 2.42. The third-order valence-electron chi connectivity index (χ3n) is 3.35. The van der Waals surface area contributed by atoms with Crippen LogP contribution in [-0.2, 0) is 0 Å². The van der Waals surface area contributed by atoms with Crippen molar-refractivity contribution in [3.05, 3.63) is 71.8 Å². The third-order valence-corrected chi connectivity index (χ3v) is 3.35. The van der Waals surface area contributed by atoms with E-state index in [0.29, 0.717) is 5.92 Å². The number of benzene rings is 2. The van der Waals surface area contributed by atoms with Gasteiger partial charge in [0.25, 0.3) is 0 Å². The van der Waals surface area contributed by atoms with Crippen molar-refractivity contribution in [2.75, 3.05) is 6.61 Å². The third kappa shape index (κ3) is 2.75. The Hall–Kier alpha value is -1.60. The molecule has 88 valence electrons. The van der Waals surface area contributed by atoms with E-state index in [1.165, 1.54) is 11.1 Å². The van der Waals surface area contributed by atoms with Gasteiger partial charge in [-0.25, -0.2) is 0 Å². The molecule has 0 spiro atoms. The molecular weight excluding hydrogens is 208 g/mol. The Bertz CT molecular complexity index is 436. The summed E-state index contributed by atoms with van der Waals surface area (Å²) >= 11 is 0. The Morgan fingerprint density at radius 1 is 0.824 bits per heavy atom. The van der Waals surface area contributed by atoms with Gasteiger partial charge < -0.3 is 5.11 Å². The van der Waals surface area contributed by atoms with Crippen LogP contribution < -0.4 is 0 Å². The summed E-state index contributed by atoms with van der Waals surface area (Å²) in [6, 6.07) is 20.6. The van der Waals surface area contributed by atoms with Gasteiger partial charge in [0, 0.05) is 5.92 Å². The van der Waals surface area contributed by atoms with Crippen molar-refractivity contribution in [1.29, 1.82) is 0 Å². The van der Waals surface area contributed by atoms with E-state index in [0.717, 1.165) is 0 Å². The van der Waals surface area contributed by atoms with Crippen molar-refractivity contribution in [1.82, 2.24) is 0 Å². The minimum absolute atomic E-state index is 0.165. The molecule has 0 radical (unpaired) electrons. The highest BCUT2D eigenvalue weighted by molar-refractivity contribution is 5.28. The second-order valence-corrected chi connectivity index (χ2v) is 4.40. The Kier molecular flexibility index (Phi) is 3.94. The molecule has 2 aromatic carbocycles. The first-order chi connectivity index (χ1) is 8.33. The lowest BCUT2D eigenvalue weighted by molar-refractivity contribution is 0.251. The Labute approximate surface area is 103 Å². The van der Waals surface area contributed by atoms with Gasteiger partial charge in [0.1, 0.15) is 0 Å². The highest BCUT2D eigenvalue weighted by Gasteiger charge is 2.19. The fourth-order valence-electron chi connectivity index (χ4n) is 2.24. The molecule has 0 aliphatic carbocycles. The van der Waals surface area contributed by atoms with E-state index in [2.05, 4.69) is 31.2 Å². The van der Waals surface area contributed by atoms with Crippen LogP contribution in [0.1, 0.15) is 29.9 Å². The fraction of sp³-hybridized carbons (Fsp3) is 0.250. The maximum absolute atomic E-state index is 9.61. The molecule has 1 heteroatoms. The monoisotopic (exact) mass is 226 g/mol. The lowest BCUT2D eigenvalue weighted by Gasteiger charge is -2.22. The molecule has 2 rings (SSSR count). The van der Waals surface area contributed by atoms with Gasteiger partial charge in [-0.2, -0.15) is 0 Å². The summed E-state index contributed by atoms with van der Waals surface area (Å²) < 4.78 is 0. The van der Waals surface area contributed by atoms with E-state index < -0.39 is 0 Å². The molecule has 0 saturated carbocycles. The Balaban J connectivity index is 2.25. The molecular formula is C16H18O. The summed E-state index contributed by atoms with van der Waals surface area (Å²) in [7, 11) is 0. The molecule has 1 N–H and O–H groups in total. The van der Waals surface area contributed by atoms with Crippen LogP contribution in [0.4, 0.5) is 0 Å². The van der Waals surface area contributed by atoms with E-state index in [1.807, 2.05) is 36.4 Å². The first-order valence-corrected chi connectivity index (χ1v) is 6.03. The lowest BCUT2D eigenvalue weighted by atomic mass is 9.83. The predicted molar refractivity (Wildman–Crippen MR) is 71.1 cm³/mol. The molecule has 0 amide bonds. The summed E-state index contributed by atoms with van der Waals surface area (Å²) in [6.07, 6.45) is 0. The molecule has 2 aromatic rings. The van der Waals surface area contributed by atoms with E-state index >= 15 is 0 Å². The minimum atomic E-state index is 0.165. The van der Waals surface area contributed by atoms with Crippen LogP contribution in [0.5, 0.6) is 0 Å². The number of rotatable bonds is 4. The number of hydrogen-bond donors (Lipinski definition) is 1. The highest BCUT2D eigenvalue weighted by atomic mass is 16.3. The maximum atomic E-state index is 9.61. The second-order valence-electron chi connectivity index (χ2n) is 4.40. The number of aliphatic hydroxyl groups excluding tert-OH is 1. The Morgan fingerprint density at radius 2 is 1.29 bits per heavy atom. The SMILES string of the molecule is C[C@@H](c1ccccc1)[C@H](CO)c1ccccc1. The molecule has 0 saturated heterocycles. The summed E-state index contributed by atoms with van der Waals surface area (Å²) in [4.78, 5) is 0. The van der Waals surface area contributed by atoms with Crippen molar-refractivity contribution in [3.63, 3.8) is 0 Å². The van der Waals surface area contributed by atoms with Crippen LogP contribution in [0.3, 0.4) is 0 Å². The van der Waals surface area contributed by atoms with E-state index in [-0.39, 0.29) is 12.5 Å². The zero-order valence-electron chi connectivity index (χ0n) is 10.1. The first kappa shape index (κ1) is 11.9. The van der Waals surface area contributed by atoms with Crippen LogP contribution in [0.15, 0.2) is 60.7 Å². The van der Waals surface area contributed by atoms with Gasteiger partial charge in [-0.1, -0.05) is 67.6 Å². The van der Waals surface area contributed by atoms with Crippen LogP contribution in [0.2, 0.25) is 0 Å². The summed E-state index contributed by atoms with van der Waals surface area (Å²) in [5.74, 6) is 0.488. The summed E-state index contributed by atoms with van der Waals surface area (Å²) in [5.41, 5.74) is 2.47. The maximum Gasteiger partial charge on any atom is 0.0505 e. The summed E-state index contributed by atoms with van der Waals surface area (Å²) in [6.45, 7) is 2.35. The largest absolute Gasteiger partial charge is 0.396 e. The van der Waals surface area contributed by atoms with Crippen LogP contribution >= 0.6 is 0 Å². The van der Waals surface area contributed by atoms with Crippen molar-refractivity contribution >= 4 is 0 Å². The molecule has 0 aliphatic rings. The quantitative estimate of drug-likeness (QED) is 0.845. The first-order valence-electron chi connectivity index (χ1n) is 6.03. The molecule has 0 aromatic heterocycles. The zero-order chi connectivity index (χ0) is 12.1. The smallest absolute Gasteiger partial charge is 0.0505 e. The number of aliphatic hydroxyl groups is 1. The molecule has 0 aliphatic heterocycles. The van der Waals surface area contributed by atoms with Gasteiger partial charge in [0.15, 0.2) is 0 Å². The van der Waals surface area contributed by atoms with Crippen molar-refractivity contribution < 1.29 is 5.11 Å². The minimum Gasteiger partial charge on any atom is -0.396 e. The molecule has 0 heterocycles. The molecule has 17 heavy (non-hydrogen) atoms. The van der Waals surface area contributed by atoms with Gasteiger partial charge in [-0.15, -0.1) is 0 Å².